The van der Waals surface area contributed by atoms with Gasteiger partial charge in [-0.2, -0.15) is 0 Å². The largest absolute Gasteiger partial charge is 0.482 e. The zero-order valence-corrected chi connectivity index (χ0v) is 18.0. The Bertz CT molecular complexity index is 965. The van der Waals surface area contributed by atoms with Crippen LogP contribution in [0.1, 0.15) is 19.4 Å². The van der Waals surface area contributed by atoms with Crippen molar-refractivity contribution in [3.8, 4) is 5.75 Å². The van der Waals surface area contributed by atoms with Crippen molar-refractivity contribution in [3.63, 3.8) is 0 Å². The molecular weight excluding hydrogens is 418 g/mol. The summed E-state index contributed by atoms with van der Waals surface area (Å²) in [6.07, 6.45) is -0.928. The minimum atomic E-state index is -0.928. The van der Waals surface area contributed by atoms with Crippen molar-refractivity contribution < 1.29 is 28.6 Å². The molecule has 2 fully saturated rings. The Morgan fingerprint density at radius 3 is 2.35 bits per heavy atom. The number of β-lactam (4-membered cyclic amide) rings is 1. The van der Waals surface area contributed by atoms with E-state index < -0.39 is 40.1 Å². The lowest BCUT2D eigenvalue weighted by molar-refractivity contribution is -0.184. The highest BCUT2D eigenvalue weighted by Gasteiger charge is 2.65. The van der Waals surface area contributed by atoms with E-state index in [0.717, 1.165) is 5.56 Å². The summed E-state index contributed by atoms with van der Waals surface area (Å²) in [6, 6.07) is 17.5. The molecule has 2 aromatic carbocycles. The van der Waals surface area contributed by atoms with Crippen LogP contribution in [0.15, 0.2) is 60.7 Å². The fourth-order valence-electron chi connectivity index (χ4n) is 3.71. The molecule has 2 aromatic rings. The number of hydrogen-bond acceptors (Lipinski definition) is 7. The van der Waals surface area contributed by atoms with E-state index in [1.807, 2.05) is 50.2 Å². The van der Waals surface area contributed by atoms with E-state index >= 15 is 0 Å². The van der Waals surface area contributed by atoms with Crippen LogP contribution in [0.5, 0.6) is 5.75 Å². The minimum absolute atomic E-state index is 0.138. The number of nitrogens with zero attached hydrogens (tertiary/aromatic N) is 1. The molecule has 0 radical (unpaired) electrons. The van der Waals surface area contributed by atoms with Crippen molar-refractivity contribution in [2.45, 2.75) is 42.7 Å². The number of esters is 2. The molecule has 2 aliphatic heterocycles. The number of hydrogen-bond donors (Lipinski definition) is 0. The van der Waals surface area contributed by atoms with Crippen LogP contribution in [0.2, 0.25) is 0 Å². The molecule has 2 aliphatic rings. The normalized spacial score (nSPS) is 23.5. The average Bonchev–Trinajstić information content (AvgIpc) is 3.03. The number of ether oxygens (including phenoxy) is 3. The highest BCUT2D eigenvalue weighted by molar-refractivity contribution is 8.01. The molecule has 0 unspecified atom stereocenters. The average molecular weight is 442 g/mol. The van der Waals surface area contributed by atoms with Crippen molar-refractivity contribution >= 4 is 29.6 Å². The molecule has 8 heteroatoms. The summed E-state index contributed by atoms with van der Waals surface area (Å²) in [5.74, 6) is -0.943. The van der Waals surface area contributed by atoms with Gasteiger partial charge >= 0.3 is 11.9 Å². The molecule has 0 bridgehead atoms. The van der Waals surface area contributed by atoms with Gasteiger partial charge < -0.3 is 19.1 Å². The monoisotopic (exact) mass is 441 g/mol. The summed E-state index contributed by atoms with van der Waals surface area (Å²) >= 11 is 1.43. The number of thioether (sulfide) groups is 1. The maximum atomic E-state index is 12.8. The molecule has 0 aromatic heterocycles. The van der Waals surface area contributed by atoms with Gasteiger partial charge in [-0.1, -0.05) is 48.5 Å². The molecule has 162 valence electrons. The Balaban J connectivity index is 1.34. The first kappa shape index (κ1) is 21.2. The Morgan fingerprint density at radius 1 is 1.03 bits per heavy atom. The standard InChI is InChI=1S/C23H23NO6S/c1-23(2)19(22(27)29-13-15-9-5-3-6-10-15)24-20(26)18(21(24)31-23)30-17(25)14-28-16-11-7-4-8-12-16/h3-12,18-19,21H,13-14H2,1-2H3/t18-,19-,21+/m0/s1. The van der Waals surface area contributed by atoms with Crippen LogP contribution < -0.4 is 4.74 Å². The molecule has 0 N–H and O–H groups in total. The van der Waals surface area contributed by atoms with Crippen LogP contribution >= 0.6 is 11.8 Å². The van der Waals surface area contributed by atoms with Crippen LogP contribution in [-0.4, -0.2) is 51.6 Å². The molecule has 4 rings (SSSR count). The van der Waals surface area contributed by atoms with Gasteiger partial charge in [0.2, 0.25) is 6.10 Å². The van der Waals surface area contributed by atoms with E-state index in [1.165, 1.54) is 16.7 Å². The van der Waals surface area contributed by atoms with Crippen molar-refractivity contribution in [1.82, 2.24) is 4.90 Å². The lowest BCUT2D eigenvalue weighted by Gasteiger charge is -2.42. The van der Waals surface area contributed by atoms with Gasteiger partial charge in [-0.25, -0.2) is 9.59 Å². The van der Waals surface area contributed by atoms with Crippen molar-refractivity contribution in [2.24, 2.45) is 0 Å². The molecule has 0 aliphatic carbocycles. The van der Waals surface area contributed by atoms with E-state index in [0.29, 0.717) is 5.75 Å². The van der Waals surface area contributed by atoms with Crippen molar-refractivity contribution in [2.75, 3.05) is 6.61 Å². The molecule has 0 saturated carbocycles. The number of benzene rings is 2. The number of fused-ring (bicyclic) bond motifs is 1. The second-order valence-electron chi connectivity index (χ2n) is 7.87. The number of carbonyl (C=O) groups excluding carboxylic acids is 3. The predicted molar refractivity (Wildman–Crippen MR) is 114 cm³/mol. The number of para-hydroxylation sites is 1. The van der Waals surface area contributed by atoms with Crippen LogP contribution in [0.25, 0.3) is 0 Å². The van der Waals surface area contributed by atoms with E-state index in [4.69, 9.17) is 14.2 Å². The van der Waals surface area contributed by atoms with Crippen LogP contribution in [0, 0.1) is 0 Å². The van der Waals surface area contributed by atoms with Crippen molar-refractivity contribution in [3.05, 3.63) is 66.2 Å². The highest BCUT2D eigenvalue weighted by atomic mass is 32.2. The van der Waals surface area contributed by atoms with Crippen LogP contribution in [-0.2, 0) is 30.5 Å². The minimum Gasteiger partial charge on any atom is -0.482 e. The van der Waals surface area contributed by atoms with Gasteiger partial charge in [0.25, 0.3) is 5.91 Å². The second kappa shape index (κ2) is 8.63. The number of amides is 1. The van der Waals surface area contributed by atoms with Gasteiger partial charge in [-0.3, -0.25) is 4.79 Å². The van der Waals surface area contributed by atoms with E-state index in [1.54, 1.807) is 24.3 Å². The van der Waals surface area contributed by atoms with Crippen LogP contribution in [0.3, 0.4) is 0 Å². The van der Waals surface area contributed by atoms with Gasteiger partial charge in [-0.15, -0.1) is 11.8 Å². The molecule has 2 heterocycles. The lowest BCUT2D eigenvalue weighted by atomic mass is 9.97. The van der Waals surface area contributed by atoms with E-state index in [-0.39, 0.29) is 13.2 Å². The molecule has 31 heavy (non-hydrogen) atoms. The summed E-state index contributed by atoms with van der Waals surface area (Å²) < 4.78 is 15.6. The molecular formula is C23H23NO6S. The fraction of sp³-hybridized carbons (Fsp3) is 0.348. The first-order valence-corrected chi connectivity index (χ1v) is 10.8. The quantitative estimate of drug-likeness (QED) is 0.483. The maximum absolute atomic E-state index is 12.8. The topological polar surface area (TPSA) is 82.1 Å². The van der Waals surface area contributed by atoms with Gasteiger partial charge in [-0.05, 0) is 31.5 Å². The lowest BCUT2D eigenvalue weighted by Crippen LogP contribution is -2.67. The third-order valence-electron chi connectivity index (χ3n) is 5.20. The van der Waals surface area contributed by atoms with Gasteiger partial charge in [0.15, 0.2) is 6.61 Å². The third kappa shape index (κ3) is 4.39. The highest BCUT2D eigenvalue weighted by Crippen LogP contribution is 2.51. The van der Waals surface area contributed by atoms with E-state index in [2.05, 4.69) is 0 Å². The van der Waals surface area contributed by atoms with E-state index in [9.17, 15) is 14.4 Å². The van der Waals surface area contributed by atoms with Crippen LogP contribution in [0.4, 0.5) is 0 Å². The Morgan fingerprint density at radius 2 is 1.68 bits per heavy atom. The summed E-state index contributed by atoms with van der Waals surface area (Å²) in [7, 11) is 0. The van der Waals surface area contributed by atoms with Crippen molar-refractivity contribution in [1.29, 1.82) is 0 Å². The number of rotatable bonds is 7. The molecule has 0 spiro atoms. The number of carbonyl (C=O) groups is 3. The molecule has 7 nitrogen and oxygen atoms in total. The first-order valence-electron chi connectivity index (χ1n) is 9.95. The Hall–Kier alpha value is -3.00. The SMILES string of the molecule is CC1(C)S[C@@H]2[C@@H](OC(=O)COc3ccccc3)C(=O)N2[C@H]1C(=O)OCc1ccccc1. The third-order valence-corrected chi connectivity index (χ3v) is 6.74. The molecule has 2 saturated heterocycles. The Labute approximate surface area is 184 Å². The zero-order valence-electron chi connectivity index (χ0n) is 17.2. The summed E-state index contributed by atoms with van der Waals surface area (Å²) in [6.45, 7) is 3.61. The van der Waals surface area contributed by atoms with Gasteiger partial charge in [0, 0.05) is 4.75 Å². The summed E-state index contributed by atoms with van der Waals surface area (Å²) in [5.41, 5.74) is 0.871. The Kier molecular flexibility index (Phi) is 5.91. The van der Waals surface area contributed by atoms with Gasteiger partial charge in [0.05, 0.1) is 0 Å². The zero-order chi connectivity index (χ0) is 22.0. The maximum Gasteiger partial charge on any atom is 0.345 e. The second-order valence-corrected chi connectivity index (χ2v) is 9.64. The summed E-state index contributed by atoms with van der Waals surface area (Å²) in [5, 5.41) is -0.419. The smallest absolute Gasteiger partial charge is 0.345 e. The fourth-order valence-corrected chi connectivity index (χ4v) is 5.31. The first-order chi connectivity index (χ1) is 14.9. The predicted octanol–water partition coefficient (Wildman–Crippen LogP) is 2.78. The molecule has 1 amide bonds. The molecule has 3 atom stereocenters. The van der Waals surface area contributed by atoms with Gasteiger partial charge in [0.1, 0.15) is 23.8 Å². The summed E-state index contributed by atoms with van der Waals surface area (Å²) in [4.78, 5) is 39.2.